The van der Waals surface area contributed by atoms with Crippen LogP contribution < -0.4 is 5.73 Å². The Balaban J connectivity index is 2.70. The highest BCUT2D eigenvalue weighted by molar-refractivity contribution is 9.10. The van der Waals surface area contributed by atoms with E-state index >= 15 is 0 Å². The molecule has 90 valence electrons. The molecule has 1 atom stereocenters. The van der Waals surface area contributed by atoms with E-state index in [0.29, 0.717) is 16.5 Å². The Morgan fingerprint density at radius 3 is 2.62 bits per heavy atom. The quantitative estimate of drug-likeness (QED) is 0.925. The summed E-state index contributed by atoms with van der Waals surface area (Å²) in [6, 6.07) is 5.58. The van der Waals surface area contributed by atoms with Gasteiger partial charge in [-0.15, -0.1) is 0 Å². The molecule has 0 saturated carbocycles. The van der Waals surface area contributed by atoms with Crippen LogP contribution in [0.15, 0.2) is 22.7 Å². The number of hydrogen-bond donors (Lipinski definition) is 1. The molecule has 1 unspecified atom stereocenters. The zero-order valence-electron chi connectivity index (χ0n) is 9.30. The fourth-order valence-electron chi connectivity index (χ4n) is 1.28. The zero-order chi connectivity index (χ0) is 12.3. The van der Waals surface area contributed by atoms with Crippen molar-refractivity contribution in [3.8, 4) is 0 Å². The van der Waals surface area contributed by atoms with E-state index in [-0.39, 0.29) is 0 Å². The highest BCUT2D eigenvalue weighted by Crippen LogP contribution is 2.22. The summed E-state index contributed by atoms with van der Waals surface area (Å²) in [4.78, 5) is 0. The van der Waals surface area contributed by atoms with Gasteiger partial charge in [-0.2, -0.15) is 0 Å². The number of benzene rings is 1. The van der Waals surface area contributed by atoms with Crippen molar-refractivity contribution in [2.24, 2.45) is 5.73 Å². The molecule has 0 bridgehead atoms. The van der Waals surface area contributed by atoms with Gasteiger partial charge in [0.25, 0.3) is 0 Å². The standard InChI is InChI=1S/C11H15BrClNOS/c1-11(2,14)7-16(15)6-8-3-4-9(12)5-10(8)13/h3-5H,6-7,14H2,1-2H3. The molecule has 5 heteroatoms. The van der Waals surface area contributed by atoms with Gasteiger partial charge in [-0.3, -0.25) is 4.21 Å². The van der Waals surface area contributed by atoms with Gasteiger partial charge in [0.2, 0.25) is 0 Å². The molecule has 2 N–H and O–H groups in total. The van der Waals surface area contributed by atoms with E-state index in [9.17, 15) is 4.21 Å². The maximum Gasteiger partial charge on any atom is 0.0501 e. The first-order valence-electron chi connectivity index (χ1n) is 4.86. The molecular weight excluding hydrogens is 310 g/mol. The van der Waals surface area contributed by atoms with E-state index in [0.717, 1.165) is 10.0 Å². The molecule has 0 aliphatic rings. The van der Waals surface area contributed by atoms with Crippen molar-refractivity contribution in [2.75, 3.05) is 5.75 Å². The molecule has 1 aromatic carbocycles. The number of nitrogens with two attached hydrogens (primary N) is 1. The Labute approximate surface area is 112 Å². The average Bonchev–Trinajstić information content (AvgIpc) is 2.06. The first-order valence-corrected chi connectivity index (χ1v) is 7.51. The number of rotatable bonds is 4. The second kappa shape index (κ2) is 5.63. The Hall–Kier alpha value is 0.1000. The molecule has 0 fully saturated rings. The van der Waals surface area contributed by atoms with E-state index in [1.807, 2.05) is 32.0 Å². The summed E-state index contributed by atoms with van der Waals surface area (Å²) < 4.78 is 12.7. The fourth-order valence-corrected chi connectivity index (χ4v) is 3.63. The maximum absolute atomic E-state index is 11.8. The Morgan fingerprint density at radius 2 is 2.12 bits per heavy atom. The van der Waals surface area contributed by atoms with Crippen LogP contribution in [0, 0.1) is 0 Å². The largest absolute Gasteiger partial charge is 0.325 e. The van der Waals surface area contributed by atoms with E-state index < -0.39 is 16.3 Å². The highest BCUT2D eigenvalue weighted by atomic mass is 79.9. The fraction of sp³-hybridized carbons (Fsp3) is 0.455. The van der Waals surface area contributed by atoms with E-state index in [2.05, 4.69) is 15.9 Å². The molecule has 1 aromatic rings. The molecule has 0 heterocycles. The van der Waals surface area contributed by atoms with Crippen molar-refractivity contribution in [1.29, 1.82) is 0 Å². The van der Waals surface area contributed by atoms with Crippen molar-refractivity contribution in [1.82, 2.24) is 0 Å². The number of hydrogen-bond acceptors (Lipinski definition) is 2. The summed E-state index contributed by atoms with van der Waals surface area (Å²) in [5, 5.41) is 0.637. The molecule has 0 amide bonds. The minimum absolute atomic E-state index is 0.410. The normalized spacial score (nSPS) is 13.8. The molecule has 0 spiro atoms. The minimum Gasteiger partial charge on any atom is -0.325 e. The van der Waals surface area contributed by atoms with Crippen LogP contribution in [-0.2, 0) is 16.6 Å². The van der Waals surface area contributed by atoms with Gasteiger partial charge in [0, 0.05) is 31.6 Å². The van der Waals surface area contributed by atoms with Crippen LogP contribution in [0.2, 0.25) is 5.02 Å². The summed E-state index contributed by atoms with van der Waals surface area (Å²) in [7, 11) is -0.982. The summed E-state index contributed by atoms with van der Waals surface area (Å²) in [6.07, 6.45) is 0. The molecule has 0 aliphatic carbocycles. The van der Waals surface area contributed by atoms with Gasteiger partial charge in [0.15, 0.2) is 0 Å². The van der Waals surface area contributed by atoms with E-state index in [1.165, 1.54) is 0 Å². The molecule has 16 heavy (non-hydrogen) atoms. The average molecular weight is 325 g/mol. The summed E-state index contributed by atoms with van der Waals surface area (Å²) >= 11 is 9.38. The molecule has 2 nitrogen and oxygen atoms in total. The van der Waals surface area contributed by atoms with Gasteiger partial charge < -0.3 is 5.73 Å². The number of halogens is 2. The van der Waals surface area contributed by atoms with Crippen LogP contribution in [-0.4, -0.2) is 15.5 Å². The zero-order valence-corrected chi connectivity index (χ0v) is 12.5. The SMILES string of the molecule is CC(C)(N)CS(=O)Cc1ccc(Br)cc1Cl. The van der Waals surface area contributed by atoms with E-state index in [1.54, 1.807) is 0 Å². The minimum atomic E-state index is -0.982. The molecule has 0 saturated heterocycles. The van der Waals surface area contributed by atoms with Crippen LogP contribution in [0.4, 0.5) is 0 Å². The Bertz CT molecular complexity index is 403. The lowest BCUT2D eigenvalue weighted by atomic mass is 10.1. The molecule has 0 radical (unpaired) electrons. The second-order valence-corrected chi connectivity index (χ2v) is 7.23. The third-order valence-corrected chi connectivity index (χ3v) is 4.41. The van der Waals surface area contributed by atoms with Crippen LogP contribution in [0.3, 0.4) is 0 Å². The van der Waals surface area contributed by atoms with Crippen molar-refractivity contribution >= 4 is 38.3 Å². The smallest absolute Gasteiger partial charge is 0.0501 e. The molecular formula is C11H15BrClNOS. The third-order valence-electron chi connectivity index (χ3n) is 1.86. The predicted octanol–water partition coefficient (Wildman–Crippen LogP) is 3.09. The lowest BCUT2D eigenvalue weighted by Crippen LogP contribution is -2.38. The first kappa shape index (κ1) is 14.2. The van der Waals surface area contributed by atoms with Crippen LogP contribution >= 0.6 is 27.5 Å². The van der Waals surface area contributed by atoms with Crippen LogP contribution in [0.25, 0.3) is 0 Å². The summed E-state index contributed by atoms with van der Waals surface area (Å²) in [6.45, 7) is 3.74. The molecule has 0 aromatic heterocycles. The van der Waals surface area contributed by atoms with E-state index in [4.69, 9.17) is 17.3 Å². The van der Waals surface area contributed by atoms with Gasteiger partial charge >= 0.3 is 0 Å². The van der Waals surface area contributed by atoms with Crippen LogP contribution in [0.1, 0.15) is 19.4 Å². The van der Waals surface area contributed by atoms with Gasteiger partial charge in [-0.25, -0.2) is 0 Å². The van der Waals surface area contributed by atoms with Crippen molar-refractivity contribution in [3.05, 3.63) is 33.3 Å². The van der Waals surface area contributed by atoms with Gasteiger partial charge in [-0.1, -0.05) is 33.6 Å². The summed E-state index contributed by atoms with van der Waals surface area (Å²) in [5.74, 6) is 0.923. The van der Waals surface area contributed by atoms with Gasteiger partial charge in [0.05, 0.1) is 5.75 Å². The summed E-state index contributed by atoms with van der Waals surface area (Å²) in [5.41, 5.74) is 6.30. The first-order chi connectivity index (χ1) is 7.28. The highest BCUT2D eigenvalue weighted by Gasteiger charge is 2.16. The maximum atomic E-state index is 11.8. The third kappa shape index (κ3) is 4.95. The van der Waals surface area contributed by atoms with Gasteiger partial charge in [0.1, 0.15) is 0 Å². The Kier molecular flexibility index (Phi) is 4.98. The molecule has 0 aliphatic heterocycles. The Morgan fingerprint density at radius 1 is 1.50 bits per heavy atom. The lowest BCUT2D eigenvalue weighted by Gasteiger charge is -2.17. The predicted molar refractivity (Wildman–Crippen MR) is 74.1 cm³/mol. The monoisotopic (exact) mass is 323 g/mol. The van der Waals surface area contributed by atoms with Crippen molar-refractivity contribution in [2.45, 2.75) is 25.1 Å². The lowest BCUT2D eigenvalue weighted by molar-refractivity contribution is 0.577. The van der Waals surface area contributed by atoms with Crippen LogP contribution in [0.5, 0.6) is 0 Å². The van der Waals surface area contributed by atoms with Crippen molar-refractivity contribution in [3.63, 3.8) is 0 Å². The second-order valence-electron chi connectivity index (χ2n) is 4.45. The topological polar surface area (TPSA) is 43.1 Å². The van der Waals surface area contributed by atoms with Crippen molar-refractivity contribution < 1.29 is 4.21 Å². The molecule has 1 rings (SSSR count). The van der Waals surface area contributed by atoms with Gasteiger partial charge in [-0.05, 0) is 31.5 Å².